The summed E-state index contributed by atoms with van der Waals surface area (Å²) in [6.45, 7) is 6.12. The minimum Gasteiger partial charge on any atom is -0.396 e. The number of amides is 1. The number of nitrogens with one attached hydrogen (secondary N) is 1. The number of rotatable bonds is 5. The molecule has 0 fully saturated rings. The molecular formula is C14H21FN2O. The molecule has 4 heteroatoms. The van der Waals surface area contributed by atoms with Gasteiger partial charge in [0.25, 0.3) is 5.91 Å². The van der Waals surface area contributed by atoms with Crippen LogP contribution >= 0.6 is 0 Å². The molecule has 0 spiro atoms. The van der Waals surface area contributed by atoms with Crippen molar-refractivity contribution >= 4 is 11.6 Å². The fraction of sp³-hybridized carbons (Fsp3) is 0.500. The zero-order valence-electron chi connectivity index (χ0n) is 11.2. The summed E-state index contributed by atoms with van der Waals surface area (Å²) in [6, 6.07) is 4.13. The Morgan fingerprint density at radius 1 is 1.28 bits per heavy atom. The fourth-order valence-electron chi connectivity index (χ4n) is 2.00. The number of anilines is 1. The van der Waals surface area contributed by atoms with Gasteiger partial charge in [0.15, 0.2) is 0 Å². The predicted octanol–water partition coefficient (Wildman–Crippen LogP) is 3.11. The molecule has 1 rings (SSSR count). The maximum atomic E-state index is 13.3. The third-order valence-corrected chi connectivity index (χ3v) is 3.67. The molecule has 0 unspecified atom stereocenters. The Bertz CT molecular complexity index is 420. The standard InChI is InChI=1S/C14H21FN2O/c1-4-14(5-2,6-3)17-13(18)10-7-8-12(16)11(15)9-10/h7-9H,4-6,16H2,1-3H3,(H,17,18). The second kappa shape index (κ2) is 5.85. The molecule has 0 heterocycles. The van der Waals surface area contributed by atoms with Crippen molar-refractivity contribution in [1.29, 1.82) is 0 Å². The van der Waals surface area contributed by atoms with Crippen LogP contribution in [0.4, 0.5) is 10.1 Å². The Balaban J connectivity index is 2.90. The number of nitrogens with two attached hydrogens (primary N) is 1. The fourth-order valence-corrected chi connectivity index (χ4v) is 2.00. The summed E-state index contributed by atoms with van der Waals surface area (Å²) in [4.78, 5) is 12.1. The highest BCUT2D eigenvalue weighted by atomic mass is 19.1. The Morgan fingerprint density at radius 3 is 2.28 bits per heavy atom. The molecule has 1 aromatic rings. The van der Waals surface area contributed by atoms with Gasteiger partial charge in [0.2, 0.25) is 0 Å². The Morgan fingerprint density at radius 2 is 1.83 bits per heavy atom. The lowest BCUT2D eigenvalue weighted by Crippen LogP contribution is -2.47. The first-order chi connectivity index (χ1) is 8.48. The number of nitrogen functional groups attached to an aromatic ring is 1. The third kappa shape index (κ3) is 3.00. The largest absolute Gasteiger partial charge is 0.396 e. The Labute approximate surface area is 108 Å². The van der Waals surface area contributed by atoms with E-state index in [9.17, 15) is 9.18 Å². The lowest BCUT2D eigenvalue weighted by Gasteiger charge is -2.31. The third-order valence-electron chi connectivity index (χ3n) is 3.67. The van der Waals surface area contributed by atoms with Gasteiger partial charge in [0.1, 0.15) is 5.82 Å². The summed E-state index contributed by atoms with van der Waals surface area (Å²) in [5.41, 5.74) is 5.54. The van der Waals surface area contributed by atoms with E-state index < -0.39 is 5.82 Å². The molecule has 0 radical (unpaired) electrons. The molecule has 0 aliphatic heterocycles. The number of hydrogen-bond donors (Lipinski definition) is 2. The molecular weight excluding hydrogens is 231 g/mol. The average Bonchev–Trinajstić information content (AvgIpc) is 2.39. The van der Waals surface area contributed by atoms with E-state index in [4.69, 9.17) is 5.73 Å². The van der Waals surface area contributed by atoms with Crippen molar-refractivity contribution in [3.63, 3.8) is 0 Å². The van der Waals surface area contributed by atoms with Gasteiger partial charge in [0, 0.05) is 11.1 Å². The minimum atomic E-state index is -0.558. The molecule has 0 aromatic heterocycles. The molecule has 18 heavy (non-hydrogen) atoms. The van der Waals surface area contributed by atoms with E-state index in [0.29, 0.717) is 5.56 Å². The molecule has 100 valence electrons. The number of hydrogen-bond acceptors (Lipinski definition) is 2. The SMILES string of the molecule is CCC(CC)(CC)NC(=O)c1ccc(N)c(F)c1. The number of benzene rings is 1. The van der Waals surface area contributed by atoms with Crippen molar-refractivity contribution in [3.05, 3.63) is 29.6 Å². The van der Waals surface area contributed by atoms with E-state index in [1.165, 1.54) is 12.1 Å². The molecule has 0 atom stereocenters. The van der Waals surface area contributed by atoms with Gasteiger partial charge < -0.3 is 11.1 Å². The smallest absolute Gasteiger partial charge is 0.251 e. The van der Waals surface area contributed by atoms with E-state index in [1.54, 1.807) is 6.07 Å². The zero-order valence-corrected chi connectivity index (χ0v) is 11.2. The van der Waals surface area contributed by atoms with Gasteiger partial charge in [-0.15, -0.1) is 0 Å². The highest BCUT2D eigenvalue weighted by molar-refractivity contribution is 5.95. The van der Waals surface area contributed by atoms with Crippen molar-refractivity contribution in [2.75, 3.05) is 5.73 Å². The van der Waals surface area contributed by atoms with Crippen LogP contribution in [0.15, 0.2) is 18.2 Å². The zero-order chi connectivity index (χ0) is 13.8. The van der Waals surface area contributed by atoms with Gasteiger partial charge in [-0.3, -0.25) is 4.79 Å². The van der Waals surface area contributed by atoms with Gasteiger partial charge in [-0.2, -0.15) is 0 Å². The minimum absolute atomic E-state index is 0.0549. The van der Waals surface area contributed by atoms with Crippen LogP contribution in [0.3, 0.4) is 0 Å². The quantitative estimate of drug-likeness (QED) is 0.791. The highest BCUT2D eigenvalue weighted by Crippen LogP contribution is 2.20. The van der Waals surface area contributed by atoms with E-state index in [2.05, 4.69) is 5.32 Å². The monoisotopic (exact) mass is 252 g/mol. The molecule has 0 bridgehead atoms. The first kappa shape index (κ1) is 14.5. The van der Waals surface area contributed by atoms with Gasteiger partial charge in [-0.1, -0.05) is 20.8 Å². The van der Waals surface area contributed by atoms with Crippen LogP contribution in [-0.4, -0.2) is 11.4 Å². The lowest BCUT2D eigenvalue weighted by molar-refractivity contribution is 0.0888. The van der Waals surface area contributed by atoms with Crippen LogP contribution in [-0.2, 0) is 0 Å². The van der Waals surface area contributed by atoms with Crippen molar-refractivity contribution in [3.8, 4) is 0 Å². The molecule has 3 N–H and O–H groups in total. The number of halogens is 1. The maximum absolute atomic E-state index is 13.3. The van der Waals surface area contributed by atoms with Crippen molar-refractivity contribution in [1.82, 2.24) is 5.32 Å². The molecule has 1 aromatic carbocycles. The van der Waals surface area contributed by atoms with Crippen molar-refractivity contribution < 1.29 is 9.18 Å². The van der Waals surface area contributed by atoms with E-state index >= 15 is 0 Å². The van der Waals surface area contributed by atoms with Crippen molar-refractivity contribution in [2.24, 2.45) is 0 Å². The maximum Gasteiger partial charge on any atom is 0.251 e. The van der Waals surface area contributed by atoms with Crippen LogP contribution < -0.4 is 11.1 Å². The lowest BCUT2D eigenvalue weighted by atomic mass is 9.89. The topological polar surface area (TPSA) is 55.1 Å². The van der Waals surface area contributed by atoms with Crippen molar-refractivity contribution in [2.45, 2.75) is 45.6 Å². The predicted molar refractivity (Wildman–Crippen MR) is 71.9 cm³/mol. The summed E-state index contributed by atoms with van der Waals surface area (Å²) in [7, 11) is 0. The second-order valence-electron chi connectivity index (χ2n) is 4.53. The molecule has 3 nitrogen and oxygen atoms in total. The summed E-state index contributed by atoms with van der Waals surface area (Å²) < 4.78 is 13.3. The van der Waals surface area contributed by atoms with E-state index in [0.717, 1.165) is 19.3 Å². The normalized spacial score (nSPS) is 11.3. The molecule has 1 amide bonds. The Hall–Kier alpha value is -1.58. The molecule has 0 saturated heterocycles. The number of carbonyl (C=O) groups excluding carboxylic acids is 1. The van der Waals surface area contributed by atoms with Crippen LogP contribution in [0, 0.1) is 5.82 Å². The van der Waals surface area contributed by atoms with Gasteiger partial charge >= 0.3 is 0 Å². The van der Waals surface area contributed by atoms with Crippen LogP contribution in [0.1, 0.15) is 50.4 Å². The van der Waals surface area contributed by atoms with Gasteiger partial charge in [-0.05, 0) is 37.5 Å². The van der Waals surface area contributed by atoms with Crippen LogP contribution in [0.5, 0.6) is 0 Å². The van der Waals surface area contributed by atoms with Gasteiger partial charge in [-0.25, -0.2) is 4.39 Å². The molecule has 0 aliphatic rings. The van der Waals surface area contributed by atoms with E-state index in [1.807, 2.05) is 20.8 Å². The summed E-state index contributed by atoms with van der Waals surface area (Å²) >= 11 is 0. The Kier molecular flexibility index (Phi) is 4.70. The van der Waals surface area contributed by atoms with E-state index in [-0.39, 0.29) is 17.1 Å². The number of carbonyl (C=O) groups is 1. The summed E-state index contributed by atoms with van der Waals surface area (Å²) in [5, 5.41) is 3.00. The summed E-state index contributed by atoms with van der Waals surface area (Å²) in [5.74, 6) is -0.808. The summed E-state index contributed by atoms with van der Waals surface area (Å²) in [6.07, 6.45) is 2.55. The first-order valence-corrected chi connectivity index (χ1v) is 6.35. The van der Waals surface area contributed by atoms with Crippen LogP contribution in [0.2, 0.25) is 0 Å². The molecule has 0 saturated carbocycles. The average molecular weight is 252 g/mol. The second-order valence-corrected chi connectivity index (χ2v) is 4.53. The highest BCUT2D eigenvalue weighted by Gasteiger charge is 2.26. The first-order valence-electron chi connectivity index (χ1n) is 6.35. The van der Waals surface area contributed by atoms with Gasteiger partial charge in [0.05, 0.1) is 5.69 Å². The molecule has 0 aliphatic carbocycles. The van der Waals surface area contributed by atoms with Crippen LogP contribution in [0.25, 0.3) is 0 Å².